The van der Waals surface area contributed by atoms with Crippen molar-refractivity contribution in [1.82, 2.24) is 4.90 Å². The summed E-state index contributed by atoms with van der Waals surface area (Å²) in [6, 6.07) is 8.21. The second-order valence-electron chi connectivity index (χ2n) is 5.29. The van der Waals surface area contributed by atoms with Crippen LogP contribution in [-0.4, -0.2) is 28.7 Å². The van der Waals surface area contributed by atoms with Gasteiger partial charge in [0.25, 0.3) is 0 Å². The van der Waals surface area contributed by atoms with E-state index in [0.29, 0.717) is 17.2 Å². The van der Waals surface area contributed by atoms with E-state index in [1.807, 2.05) is 17.0 Å². The van der Waals surface area contributed by atoms with Gasteiger partial charge >= 0.3 is 0 Å². The third-order valence-electron chi connectivity index (χ3n) is 3.59. The van der Waals surface area contributed by atoms with Gasteiger partial charge in [0.2, 0.25) is 5.91 Å². The number of alkyl halides is 1. The largest absolute Gasteiger partial charge is 0.342 e. The fourth-order valence-electron chi connectivity index (χ4n) is 2.45. The number of carbonyl (C=O) groups excluding carboxylic acids is 1. The van der Waals surface area contributed by atoms with E-state index in [9.17, 15) is 4.79 Å². The minimum atomic E-state index is 0.256. The molecule has 0 bridgehead atoms. The quantitative estimate of drug-likeness (QED) is 0.768. The standard InChI is InChI=1S/C15H20BrNO/c1-11-4-3-5-13(8-11)9-15(18)17-7-6-14(16)12(2)10-17/h3-5,8,12,14H,6-7,9-10H2,1-2H3. The fourth-order valence-corrected chi connectivity index (χ4v) is 2.82. The summed E-state index contributed by atoms with van der Waals surface area (Å²) in [7, 11) is 0. The van der Waals surface area contributed by atoms with Crippen molar-refractivity contribution in [3.05, 3.63) is 35.4 Å². The van der Waals surface area contributed by atoms with Crippen molar-refractivity contribution >= 4 is 21.8 Å². The highest BCUT2D eigenvalue weighted by molar-refractivity contribution is 9.09. The molecule has 0 saturated carbocycles. The summed E-state index contributed by atoms with van der Waals surface area (Å²) >= 11 is 3.67. The van der Waals surface area contributed by atoms with Crippen LogP contribution in [0.3, 0.4) is 0 Å². The number of carbonyl (C=O) groups is 1. The zero-order chi connectivity index (χ0) is 13.1. The highest BCUT2D eigenvalue weighted by Gasteiger charge is 2.26. The fraction of sp³-hybridized carbons (Fsp3) is 0.533. The Morgan fingerprint density at radius 3 is 2.94 bits per heavy atom. The van der Waals surface area contributed by atoms with Crippen molar-refractivity contribution in [3.63, 3.8) is 0 Å². The molecule has 1 aliphatic rings. The lowest BCUT2D eigenvalue weighted by atomic mass is 9.99. The van der Waals surface area contributed by atoms with Crippen LogP contribution < -0.4 is 0 Å². The molecule has 2 nitrogen and oxygen atoms in total. The minimum Gasteiger partial charge on any atom is -0.342 e. The summed E-state index contributed by atoms with van der Waals surface area (Å²) < 4.78 is 0. The van der Waals surface area contributed by atoms with E-state index in [1.54, 1.807) is 0 Å². The van der Waals surface area contributed by atoms with Crippen LogP contribution in [0.4, 0.5) is 0 Å². The predicted molar refractivity (Wildman–Crippen MR) is 78.0 cm³/mol. The van der Waals surface area contributed by atoms with E-state index in [-0.39, 0.29) is 5.91 Å². The Balaban J connectivity index is 1.96. The number of hydrogen-bond donors (Lipinski definition) is 0. The molecule has 3 heteroatoms. The number of halogens is 1. The number of rotatable bonds is 2. The molecule has 1 heterocycles. The van der Waals surface area contributed by atoms with Crippen molar-refractivity contribution in [3.8, 4) is 0 Å². The molecule has 18 heavy (non-hydrogen) atoms. The third-order valence-corrected chi connectivity index (χ3v) is 4.95. The van der Waals surface area contributed by atoms with Crippen molar-refractivity contribution in [2.45, 2.75) is 31.5 Å². The van der Waals surface area contributed by atoms with Crippen LogP contribution in [0.5, 0.6) is 0 Å². The van der Waals surface area contributed by atoms with E-state index in [0.717, 1.165) is 25.1 Å². The molecule has 98 valence electrons. The molecule has 2 unspecified atom stereocenters. The normalized spacial score (nSPS) is 24.1. The van der Waals surface area contributed by atoms with E-state index >= 15 is 0 Å². The highest BCUT2D eigenvalue weighted by atomic mass is 79.9. The molecule has 1 amide bonds. The lowest BCUT2D eigenvalue weighted by Gasteiger charge is -2.34. The first-order chi connectivity index (χ1) is 8.56. The van der Waals surface area contributed by atoms with E-state index in [4.69, 9.17) is 0 Å². The van der Waals surface area contributed by atoms with Crippen LogP contribution in [0.15, 0.2) is 24.3 Å². The summed E-state index contributed by atoms with van der Waals surface area (Å²) in [4.78, 5) is 14.8. The van der Waals surface area contributed by atoms with Gasteiger partial charge in [-0.25, -0.2) is 0 Å². The van der Waals surface area contributed by atoms with Gasteiger partial charge in [0.05, 0.1) is 6.42 Å². The molecule has 1 aromatic rings. The molecule has 2 atom stereocenters. The zero-order valence-electron chi connectivity index (χ0n) is 11.0. The van der Waals surface area contributed by atoms with E-state index < -0.39 is 0 Å². The van der Waals surface area contributed by atoms with E-state index in [2.05, 4.69) is 41.9 Å². The second kappa shape index (κ2) is 5.87. The van der Waals surface area contributed by atoms with Gasteiger partial charge in [-0.15, -0.1) is 0 Å². The van der Waals surface area contributed by atoms with Gasteiger partial charge < -0.3 is 4.90 Å². The molecular formula is C15H20BrNO. The maximum atomic E-state index is 12.2. The zero-order valence-corrected chi connectivity index (χ0v) is 12.6. The molecule has 0 radical (unpaired) electrons. The van der Waals surface area contributed by atoms with Crippen LogP contribution in [-0.2, 0) is 11.2 Å². The number of aryl methyl sites for hydroxylation is 1. The average molecular weight is 310 g/mol. The molecule has 0 N–H and O–H groups in total. The van der Waals surface area contributed by atoms with Crippen LogP contribution in [0.1, 0.15) is 24.5 Å². The first-order valence-electron chi connectivity index (χ1n) is 6.53. The van der Waals surface area contributed by atoms with Crippen molar-refractivity contribution in [2.75, 3.05) is 13.1 Å². The van der Waals surface area contributed by atoms with Crippen LogP contribution in [0.2, 0.25) is 0 Å². The second-order valence-corrected chi connectivity index (χ2v) is 6.46. The predicted octanol–water partition coefficient (Wildman–Crippen LogP) is 3.17. The van der Waals surface area contributed by atoms with Gasteiger partial charge in [-0.05, 0) is 24.8 Å². The molecule has 0 aliphatic carbocycles. The SMILES string of the molecule is Cc1cccc(CC(=O)N2CCC(Br)C(C)C2)c1. The molecule has 1 saturated heterocycles. The first-order valence-corrected chi connectivity index (χ1v) is 7.45. The van der Waals surface area contributed by atoms with Crippen molar-refractivity contribution in [1.29, 1.82) is 0 Å². The number of amides is 1. The molecule has 0 aromatic heterocycles. The molecule has 1 aromatic carbocycles. The summed E-state index contributed by atoms with van der Waals surface area (Å²) in [5.74, 6) is 0.798. The Morgan fingerprint density at radius 1 is 1.50 bits per heavy atom. The summed E-state index contributed by atoms with van der Waals surface area (Å²) in [5, 5.41) is 0. The lowest BCUT2D eigenvalue weighted by molar-refractivity contribution is -0.132. The topological polar surface area (TPSA) is 20.3 Å². The molecule has 1 aliphatic heterocycles. The maximum absolute atomic E-state index is 12.2. The summed E-state index contributed by atoms with van der Waals surface area (Å²) in [6.45, 7) is 6.02. The Hall–Kier alpha value is -0.830. The Kier molecular flexibility index (Phi) is 4.44. The van der Waals surface area contributed by atoms with Gasteiger partial charge in [0.15, 0.2) is 0 Å². The number of hydrogen-bond acceptors (Lipinski definition) is 1. The monoisotopic (exact) mass is 309 g/mol. The van der Waals surface area contributed by atoms with Gasteiger partial charge in [-0.3, -0.25) is 4.79 Å². The van der Waals surface area contributed by atoms with Crippen molar-refractivity contribution < 1.29 is 4.79 Å². The average Bonchev–Trinajstić information content (AvgIpc) is 2.32. The number of piperidine rings is 1. The van der Waals surface area contributed by atoms with Crippen LogP contribution >= 0.6 is 15.9 Å². The van der Waals surface area contributed by atoms with Gasteiger partial charge in [-0.2, -0.15) is 0 Å². The van der Waals surface area contributed by atoms with Crippen LogP contribution in [0, 0.1) is 12.8 Å². The minimum absolute atomic E-state index is 0.256. The molecule has 0 spiro atoms. The third kappa shape index (κ3) is 3.35. The Bertz CT molecular complexity index is 432. The molecule has 2 rings (SSSR count). The van der Waals surface area contributed by atoms with Gasteiger partial charge in [0.1, 0.15) is 0 Å². The first kappa shape index (κ1) is 13.6. The number of likely N-dealkylation sites (tertiary alicyclic amines) is 1. The van der Waals surface area contributed by atoms with Gasteiger partial charge in [-0.1, -0.05) is 52.7 Å². The smallest absolute Gasteiger partial charge is 0.226 e. The van der Waals surface area contributed by atoms with Crippen LogP contribution in [0.25, 0.3) is 0 Å². The molecular weight excluding hydrogens is 290 g/mol. The summed E-state index contributed by atoms with van der Waals surface area (Å²) in [5.41, 5.74) is 2.33. The van der Waals surface area contributed by atoms with Gasteiger partial charge in [0, 0.05) is 17.9 Å². The number of benzene rings is 1. The summed E-state index contributed by atoms with van der Waals surface area (Å²) in [6.07, 6.45) is 1.59. The lowest BCUT2D eigenvalue weighted by Crippen LogP contribution is -2.43. The highest BCUT2D eigenvalue weighted by Crippen LogP contribution is 2.23. The van der Waals surface area contributed by atoms with E-state index in [1.165, 1.54) is 5.56 Å². The molecule has 1 fully saturated rings. The number of nitrogens with zero attached hydrogens (tertiary/aromatic N) is 1. The Morgan fingerprint density at radius 2 is 2.28 bits per heavy atom. The van der Waals surface area contributed by atoms with Crippen molar-refractivity contribution in [2.24, 2.45) is 5.92 Å². The maximum Gasteiger partial charge on any atom is 0.226 e. The Labute approximate surface area is 117 Å².